The molecule has 0 unspecified atom stereocenters. The molecule has 2 aromatic carbocycles. The second-order valence-electron chi connectivity index (χ2n) is 4.72. The van der Waals surface area contributed by atoms with Gasteiger partial charge in [0.25, 0.3) is 0 Å². The molecule has 0 saturated carbocycles. The Bertz CT molecular complexity index is 763. The molecule has 2 aromatic rings. The topological polar surface area (TPSA) is 58.2 Å². The van der Waals surface area contributed by atoms with Crippen LogP contribution in [-0.2, 0) is 0 Å². The molecule has 21 heavy (non-hydrogen) atoms. The van der Waals surface area contributed by atoms with Crippen molar-refractivity contribution in [3.05, 3.63) is 71.4 Å². The first-order valence-electron chi connectivity index (χ1n) is 6.64. The van der Waals surface area contributed by atoms with Gasteiger partial charge in [-0.15, -0.1) is 0 Å². The van der Waals surface area contributed by atoms with E-state index in [4.69, 9.17) is 0 Å². The number of ketones is 2. The number of nitrogens with one attached hydrogen (secondary N) is 2. The zero-order valence-corrected chi connectivity index (χ0v) is 11.5. The first-order chi connectivity index (χ1) is 10.2. The number of anilines is 2. The summed E-state index contributed by atoms with van der Waals surface area (Å²) in [4.78, 5) is 24.6. The number of Topliss-reactive ketones (excluding diaryl/α,β-unsaturated/α-hetero) is 1. The third kappa shape index (κ3) is 2.31. The lowest BCUT2D eigenvalue weighted by atomic mass is 10.1. The quantitative estimate of drug-likeness (QED) is 0.669. The summed E-state index contributed by atoms with van der Waals surface area (Å²) in [6.07, 6.45) is 1.36. The highest BCUT2D eigenvalue weighted by atomic mass is 16.1. The van der Waals surface area contributed by atoms with Gasteiger partial charge in [-0.1, -0.05) is 24.3 Å². The smallest absolute Gasteiger partial charge is 0.211 e. The summed E-state index contributed by atoms with van der Waals surface area (Å²) in [7, 11) is 1.76. The molecule has 104 valence electrons. The van der Waals surface area contributed by atoms with Crippen LogP contribution in [0.4, 0.5) is 11.4 Å². The van der Waals surface area contributed by atoms with Crippen molar-refractivity contribution in [2.24, 2.45) is 0 Å². The Morgan fingerprint density at radius 2 is 1.81 bits per heavy atom. The molecule has 4 heteroatoms. The van der Waals surface area contributed by atoms with Crippen molar-refractivity contribution >= 4 is 22.9 Å². The second kappa shape index (κ2) is 5.25. The number of benzene rings is 2. The molecule has 0 amide bonds. The number of allylic oxidation sites excluding steroid dienone is 2. The van der Waals surface area contributed by atoms with Crippen LogP contribution < -0.4 is 10.6 Å². The van der Waals surface area contributed by atoms with Crippen LogP contribution in [0.15, 0.2) is 60.3 Å². The number of hydrogen-bond acceptors (Lipinski definition) is 4. The predicted octanol–water partition coefficient (Wildman–Crippen LogP) is 3.10. The molecule has 0 radical (unpaired) electrons. The van der Waals surface area contributed by atoms with Crippen LogP contribution in [0.2, 0.25) is 0 Å². The number of carbonyl (C=O) groups excluding carboxylic acids is 2. The molecule has 0 aliphatic carbocycles. The van der Waals surface area contributed by atoms with Crippen LogP contribution in [0.5, 0.6) is 0 Å². The van der Waals surface area contributed by atoms with Crippen LogP contribution in [0.3, 0.4) is 0 Å². The fourth-order valence-electron chi connectivity index (χ4n) is 2.36. The normalized spacial score (nSPS) is 14.7. The van der Waals surface area contributed by atoms with Crippen molar-refractivity contribution in [3.63, 3.8) is 0 Å². The van der Waals surface area contributed by atoms with Gasteiger partial charge >= 0.3 is 0 Å². The van der Waals surface area contributed by atoms with Crippen molar-refractivity contribution in [1.82, 2.24) is 0 Å². The third-order valence-electron chi connectivity index (χ3n) is 3.42. The molecule has 2 N–H and O–H groups in total. The Morgan fingerprint density at radius 3 is 2.57 bits per heavy atom. The summed E-state index contributed by atoms with van der Waals surface area (Å²) in [6.45, 7) is 0. The van der Waals surface area contributed by atoms with Crippen LogP contribution in [0.1, 0.15) is 20.7 Å². The van der Waals surface area contributed by atoms with E-state index in [9.17, 15) is 9.59 Å². The average Bonchev–Trinajstić information content (AvgIpc) is 2.84. The molecule has 0 saturated heterocycles. The highest BCUT2D eigenvalue weighted by Crippen LogP contribution is 2.28. The summed E-state index contributed by atoms with van der Waals surface area (Å²) in [5.41, 5.74) is 2.93. The molecular formula is C17H14N2O2. The molecule has 0 aromatic heterocycles. The summed E-state index contributed by atoms with van der Waals surface area (Å²) in [5, 5.41) is 5.97. The van der Waals surface area contributed by atoms with E-state index in [-0.39, 0.29) is 11.6 Å². The second-order valence-corrected chi connectivity index (χ2v) is 4.72. The van der Waals surface area contributed by atoms with Crippen molar-refractivity contribution in [3.8, 4) is 0 Å². The molecular weight excluding hydrogens is 264 g/mol. The summed E-state index contributed by atoms with van der Waals surface area (Å²) >= 11 is 0. The molecule has 0 fully saturated rings. The van der Waals surface area contributed by atoms with E-state index >= 15 is 0 Å². The molecule has 4 nitrogen and oxygen atoms in total. The zero-order valence-electron chi connectivity index (χ0n) is 11.5. The molecule has 3 rings (SSSR count). The van der Waals surface area contributed by atoms with Gasteiger partial charge in [0.1, 0.15) is 0 Å². The van der Waals surface area contributed by atoms with Gasteiger partial charge in [0.15, 0.2) is 5.78 Å². The fraction of sp³-hybridized carbons (Fsp3) is 0.0588. The van der Waals surface area contributed by atoms with Gasteiger partial charge in [-0.05, 0) is 24.3 Å². The van der Waals surface area contributed by atoms with E-state index in [1.807, 2.05) is 24.3 Å². The Balaban J connectivity index is 1.94. The maximum absolute atomic E-state index is 12.4. The van der Waals surface area contributed by atoms with E-state index in [2.05, 4.69) is 10.6 Å². The van der Waals surface area contributed by atoms with Crippen molar-refractivity contribution < 1.29 is 9.59 Å². The highest BCUT2D eigenvalue weighted by molar-refractivity contribution is 6.22. The van der Waals surface area contributed by atoms with Crippen LogP contribution in [-0.4, -0.2) is 18.6 Å². The first kappa shape index (κ1) is 13.1. The number of para-hydroxylation sites is 2. The number of carbonyl (C=O) groups is 2. The van der Waals surface area contributed by atoms with Crippen molar-refractivity contribution in [2.45, 2.75) is 0 Å². The minimum atomic E-state index is -0.205. The van der Waals surface area contributed by atoms with E-state index in [0.29, 0.717) is 16.8 Å². The highest BCUT2D eigenvalue weighted by Gasteiger charge is 2.25. The van der Waals surface area contributed by atoms with E-state index in [0.717, 1.165) is 11.4 Å². The van der Waals surface area contributed by atoms with Crippen LogP contribution in [0, 0.1) is 0 Å². The molecule has 0 spiro atoms. The summed E-state index contributed by atoms with van der Waals surface area (Å²) < 4.78 is 0. The minimum absolute atomic E-state index is 0.152. The van der Waals surface area contributed by atoms with Crippen molar-refractivity contribution in [1.29, 1.82) is 0 Å². The van der Waals surface area contributed by atoms with E-state index < -0.39 is 0 Å². The average molecular weight is 278 g/mol. The number of fused-ring (bicyclic) bond motifs is 1. The SMILES string of the molecule is CNc1ccccc1C(=O)/C=C1\Nc2ccccc2C1=O. The van der Waals surface area contributed by atoms with Gasteiger partial charge in [-0.2, -0.15) is 0 Å². The Hall–Kier alpha value is -2.88. The lowest BCUT2D eigenvalue weighted by molar-refractivity contribution is 0.101. The maximum atomic E-state index is 12.4. The van der Waals surface area contributed by atoms with Gasteiger partial charge in [-0.3, -0.25) is 9.59 Å². The third-order valence-corrected chi connectivity index (χ3v) is 3.42. The zero-order chi connectivity index (χ0) is 14.8. The lowest BCUT2D eigenvalue weighted by Gasteiger charge is -2.05. The monoisotopic (exact) mass is 278 g/mol. The Kier molecular flexibility index (Phi) is 3.28. The van der Waals surface area contributed by atoms with Gasteiger partial charge in [0, 0.05) is 35.6 Å². The van der Waals surface area contributed by atoms with Crippen molar-refractivity contribution in [2.75, 3.05) is 17.7 Å². The molecule has 0 bridgehead atoms. The largest absolute Gasteiger partial charge is 0.388 e. The standard InChI is InChI=1S/C17H14N2O2/c1-18-13-8-4-2-6-11(13)16(20)10-15-17(21)12-7-3-5-9-14(12)19-15/h2-10,18-19H,1H3/b15-10-. The van der Waals surface area contributed by atoms with E-state index in [1.165, 1.54) is 6.08 Å². The first-order valence-corrected chi connectivity index (χ1v) is 6.64. The van der Waals surface area contributed by atoms with Gasteiger partial charge in [0.05, 0.1) is 5.70 Å². The van der Waals surface area contributed by atoms with Gasteiger partial charge in [-0.25, -0.2) is 0 Å². The predicted molar refractivity (Wildman–Crippen MR) is 82.8 cm³/mol. The molecule has 1 aliphatic rings. The van der Waals surface area contributed by atoms with Gasteiger partial charge < -0.3 is 10.6 Å². The summed E-state index contributed by atoms with van der Waals surface area (Å²) in [5.74, 6) is -0.357. The molecule has 0 atom stereocenters. The van der Waals surface area contributed by atoms with Crippen LogP contribution in [0.25, 0.3) is 0 Å². The fourth-order valence-corrected chi connectivity index (χ4v) is 2.36. The van der Waals surface area contributed by atoms with Crippen LogP contribution >= 0.6 is 0 Å². The Morgan fingerprint density at radius 1 is 1.10 bits per heavy atom. The summed E-state index contributed by atoms with van der Waals surface area (Å²) in [6, 6.07) is 14.4. The molecule has 1 heterocycles. The number of rotatable bonds is 3. The number of hydrogen-bond donors (Lipinski definition) is 2. The molecule has 1 aliphatic heterocycles. The Labute approximate surface area is 122 Å². The lowest BCUT2D eigenvalue weighted by Crippen LogP contribution is -2.07. The minimum Gasteiger partial charge on any atom is -0.388 e. The van der Waals surface area contributed by atoms with E-state index in [1.54, 1.807) is 31.3 Å². The van der Waals surface area contributed by atoms with Gasteiger partial charge in [0.2, 0.25) is 5.78 Å². The maximum Gasteiger partial charge on any atom is 0.211 e.